The van der Waals surface area contributed by atoms with Crippen molar-refractivity contribution in [3.63, 3.8) is 0 Å². The molecule has 110 valence electrons. The zero-order chi connectivity index (χ0) is 14.7. The Morgan fingerprint density at radius 1 is 1.35 bits per heavy atom. The second kappa shape index (κ2) is 6.17. The topological polar surface area (TPSA) is 52.6 Å². The maximum absolute atomic E-state index is 13.2. The Morgan fingerprint density at radius 3 is 2.40 bits per heavy atom. The van der Waals surface area contributed by atoms with Crippen LogP contribution in [0, 0.1) is 17.6 Å². The number of hydrogen-bond donors (Lipinski definition) is 2. The molecule has 1 aromatic carbocycles. The minimum absolute atomic E-state index is 0.0181. The molecule has 0 aromatic heterocycles. The predicted octanol–water partition coefficient (Wildman–Crippen LogP) is 1.63. The molecule has 1 heterocycles. The van der Waals surface area contributed by atoms with E-state index in [2.05, 4.69) is 5.32 Å². The molecule has 1 amide bonds. The Labute approximate surface area is 116 Å². The smallest absolute Gasteiger partial charge is 0.222 e. The SMILES string of the molecule is CNC(=O)C1CCN(Cc2cc(F)c(O)c(F)c2)CC1. The number of phenols is 1. The first-order valence-electron chi connectivity index (χ1n) is 6.62. The fourth-order valence-electron chi connectivity index (χ4n) is 2.52. The molecule has 0 radical (unpaired) electrons. The van der Waals surface area contributed by atoms with E-state index in [1.165, 1.54) is 0 Å². The number of nitrogens with one attached hydrogen (secondary N) is 1. The first kappa shape index (κ1) is 14.7. The first-order valence-corrected chi connectivity index (χ1v) is 6.62. The van der Waals surface area contributed by atoms with Crippen molar-refractivity contribution >= 4 is 5.91 Å². The zero-order valence-corrected chi connectivity index (χ0v) is 11.3. The summed E-state index contributed by atoms with van der Waals surface area (Å²) in [4.78, 5) is 13.5. The van der Waals surface area contributed by atoms with Crippen LogP contribution in [-0.2, 0) is 11.3 Å². The lowest BCUT2D eigenvalue weighted by atomic mass is 9.95. The molecule has 0 unspecified atom stereocenters. The van der Waals surface area contributed by atoms with Gasteiger partial charge in [0.05, 0.1) is 0 Å². The second-order valence-electron chi connectivity index (χ2n) is 5.07. The molecule has 4 nitrogen and oxygen atoms in total. The quantitative estimate of drug-likeness (QED) is 0.887. The summed E-state index contributed by atoms with van der Waals surface area (Å²) in [6, 6.07) is 2.28. The Kier molecular flexibility index (Phi) is 4.54. The molecule has 1 aromatic rings. The highest BCUT2D eigenvalue weighted by atomic mass is 19.1. The van der Waals surface area contributed by atoms with Crippen LogP contribution in [0.4, 0.5) is 8.78 Å². The van der Waals surface area contributed by atoms with Crippen molar-refractivity contribution in [1.29, 1.82) is 0 Å². The summed E-state index contributed by atoms with van der Waals surface area (Å²) in [6.07, 6.45) is 1.48. The molecule has 6 heteroatoms. The van der Waals surface area contributed by atoms with Crippen LogP contribution in [0.15, 0.2) is 12.1 Å². The maximum atomic E-state index is 13.2. The fraction of sp³-hybridized carbons (Fsp3) is 0.500. The first-order chi connectivity index (χ1) is 9.51. The van der Waals surface area contributed by atoms with Crippen LogP contribution in [0.2, 0.25) is 0 Å². The summed E-state index contributed by atoms with van der Waals surface area (Å²) in [7, 11) is 1.62. The number of rotatable bonds is 3. The molecule has 0 atom stereocenters. The van der Waals surface area contributed by atoms with E-state index in [4.69, 9.17) is 5.11 Å². The van der Waals surface area contributed by atoms with Crippen LogP contribution >= 0.6 is 0 Å². The molecule has 1 fully saturated rings. The van der Waals surface area contributed by atoms with Gasteiger partial charge in [-0.2, -0.15) is 0 Å². The van der Waals surface area contributed by atoms with Crippen molar-refractivity contribution in [3.05, 3.63) is 29.3 Å². The number of likely N-dealkylation sites (tertiary alicyclic amines) is 1. The van der Waals surface area contributed by atoms with Gasteiger partial charge >= 0.3 is 0 Å². The van der Waals surface area contributed by atoms with Crippen LogP contribution in [0.5, 0.6) is 5.75 Å². The summed E-state index contributed by atoms with van der Waals surface area (Å²) >= 11 is 0. The van der Waals surface area contributed by atoms with Crippen molar-refractivity contribution in [3.8, 4) is 5.75 Å². The van der Waals surface area contributed by atoms with E-state index in [0.29, 0.717) is 25.2 Å². The number of halogens is 2. The van der Waals surface area contributed by atoms with Gasteiger partial charge in [0.1, 0.15) is 0 Å². The number of amides is 1. The van der Waals surface area contributed by atoms with Gasteiger partial charge in [-0.05, 0) is 43.6 Å². The van der Waals surface area contributed by atoms with E-state index < -0.39 is 17.4 Å². The molecular weight excluding hydrogens is 266 g/mol. The van der Waals surface area contributed by atoms with Gasteiger partial charge in [0.2, 0.25) is 5.91 Å². The summed E-state index contributed by atoms with van der Waals surface area (Å²) in [5.74, 6) is -2.76. The number of benzene rings is 1. The number of piperidine rings is 1. The normalized spacial score (nSPS) is 17.1. The molecule has 2 N–H and O–H groups in total. The highest BCUT2D eigenvalue weighted by Crippen LogP contribution is 2.24. The van der Waals surface area contributed by atoms with Crippen molar-refractivity contribution in [1.82, 2.24) is 10.2 Å². The van der Waals surface area contributed by atoms with E-state index in [1.54, 1.807) is 7.05 Å². The van der Waals surface area contributed by atoms with Gasteiger partial charge in [0.25, 0.3) is 0 Å². The molecule has 0 saturated carbocycles. The van der Waals surface area contributed by atoms with Crippen LogP contribution < -0.4 is 5.32 Å². The lowest BCUT2D eigenvalue weighted by Gasteiger charge is -2.31. The van der Waals surface area contributed by atoms with Gasteiger partial charge in [-0.15, -0.1) is 0 Å². The summed E-state index contributed by atoms with van der Waals surface area (Å²) < 4.78 is 26.5. The number of phenolic OH excluding ortho intramolecular Hbond substituents is 1. The molecule has 1 aliphatic rings. The van der Waals surface area contributed by atoms with E-state index >= 15 is 0 Å². The number of nitrogens with zero attached hydrogens (tertiary/aromatic N) is 1. The third kappa shape index (κ3) is 3.25. The Balaban J connectivity index is 1.94. The monoisotopic (exact) mass is 284 g/mol. The van der Waals surface area contributed by atoms with Gasteiger partial charge in [0, 0.05) is 19.5 Å². The number of hydrogen-bond acceptors (Lipinski definition) is 3. The average Bonchev–Trinajstić information content (AvgIpc) is 2.44. The lowest BCUT2D eigenvalue weighted by molar-refractivity contribution is -0.125. The Hall–Kier alpha value is -1.69. The summed E-state index contributed by atoms with van der Waals surface area (Å²) in [5.41, 5.74) is 0.483. The average molecular weight is 284 g/mol. The highest BCUT2D eigenvalue weighted by Gasteiger charge is 2.24. The third-order valence-corrected chi connectivity index (χ3v) is 3.69. The van der Waals surface area contributed by atoms with Gasteiger partial charge < -0.3 is 10.4 Å². The molecular formula is C14H18F2N2O2. The molecule has 0 bridgehead atoms. The largest absolute Gasteiger partial charge is 0.503 e. The van der Waals surface area contributed by atoms with E-state index in [0.717, 1.165) is 25.0 Å². The van der Waals surface area contributed by atoms with Crippen molar-refractivity contribution < 1.29 is 18.7 Å². The number of aromatic hydroxyl groups is 1. The summed E-state index contributed by atoms with van der Waals surface area (Å²) in [5, 5.41) is 11.7. The van der Waals surface area contributed by atoms with Crippen LogP contribution in [0.1, 0.15) is 18.4 Å². The molecule has 2 rings (SSSR count). The second-order valence-corrected chi connectivity index (χ2v) is 5.07. The van der Waals surface area contributed by atoms with Gasteiger partial charge in [0.15, 0.2) is 17.4 Å². The lowest BCUT2D eigenvalue weighted by Crippen LogP contribution is -2.39. The van der Waals surface area contributed by atoms with E-state index in [9.17, 15) is 13.6 Å². The van der Waals surface area contributed by atoms with Crippen molar-refractivity contribution in [2.24, 2.45) is 5.92 Å². The molecule has 1 aliphatic heterocycles. The Morgan fingerprint density at radius 2 is 1.90 bits per heavy atom. The van der Waals surface area contributed by atoms with Gasteiger partial charge in [-0.3, -0.25) is 9.69 Å². The maximum Gasteiger partial charge on any atom is 0.222 e. The highest BCUT2D eigenvalue weighted by molar-refractivity contribution is 5.78. The Bertz CT molecular complexity index is 477. The van der Waals surface area contributed by atoms with Crippen molar-refractivity contribution in [2.45, 2.75) is 19.4 Å². The molecule has 1 saturated heterocycles. The minimum atomic E-state index is -0.944. The van der Waals surface area contributed by atoms with Crippen LogP contribution in [0.3, 0.4) is 0 Å². The van der Waals surface area contributed by atoms with E-state index in [-0.39, 0.29) is 11.8 Å². The van der Waals surface area contributed by atoms with Crippen LogP contribution in [-0.4, -0.2) is 36.1 Å². The van der Waals surface area contributed by atoms with Gasteiger partial charge in [-0.1, -0.05) is 0 Å². The van der Waals surface area contributed by atoms with Crippen molar-refractivity contribution in [2.75, 3.05) is 20.1 Å². The summed E-state index contributed by atoms with van der Waals surface area (Å²) in [6.45, 7) is 1.83. The zero-order valence-electron chi connectivity index (χ0n) is 11.3. The molecule has 0 aliphatic carbocycles. The predicted molar refractivity (Wildman–Crippen MR) is 70.1 cm³/mol. The fourth-order valence-corrected chi connectivity index (χ4v) is 2.52. The minimum Gasteiger partial charge on any atom is -0.503 e. The molecule has 20 heavy (non-hydrogen) atoms. The standard InChI is InChI=1S/C14H18F2N2O2/c1-17-14(20)10-2-4-18(5-3-10)8-9-6-11(15)13(19)12(16)7-9/h6-7,10,19H,2-5,8H2,1H3,(H,17,20). The van der Waals surface area contributed by atoms with E-state index in [1.807, 2.05) is 4.90 Å². The third-order valence-electron chi connectivity index (χ3n) is 3.69. The number of carbonyl (C=O) groups excluding carboxylic acids is 1. The number of carbonyl (C=O) groups is 1. The molecule has 0 spiro atoms. The van der Waals surface area contributed by atoms with Gasteiger partial charge in [-0.25, -0.2) is 8.78 Å². The van der Waals surface area contributed by atoms with Crippen LogP contribution in [0.25, 0.3) is 0 Å².